The molecule has 4 rings (SSSR count). The lowest BCUT2D eigenvalue weighted by Gasteiger charge is -2.12. The zero-order valence-corrected chi connectivity index (χ0v) is 19.6. The molecule has 0 fully saturated rings. The van der Waals surface area contributed by atoms with Gasteiger partial charge in [-0.3, -0.25) is 15.1 Å². The molecule has 1 aromatic carbocycles. The summed E-state index contributed by atoms with van der Waals surface area (Å²) in [4.78, 5) is 25.3. The number of rotatable bonds is 8. The first-order valence-corrected chi connectivity index (χ1v) is 11.6. The van der Waals surface area contributed by atoms with Crippen LogP contribution in [0.15, 0.2) is 60.4 Å². The standard InChI is InChI=1S/C25H25N5O2S/c1-4-9-27-22-6-5-19(14-28-22)32-20-12-16(2)23(17(3)13-20)21-15-33-25(29-21)30-24(31)18-7-10-26-11-8-18/h5-8,10-15H,4,9H2,1-3H3,(H,27,28)(H,29,30,31). The number of hydrogen-bond donors (Lipinski definition) is 2. The Kier molecular flexibility index (Phi) is 6.95. The summed E-state index contributed by atoms with van der Waals surface area (Å²) < 4.78 is 6.03. The monoisotopic (exact) mass is 459 g/mol. The molecule has 0 saturated carbocycles. The van der Waals surface area contributed by atoms with E-state index in [1.165, 1.54) is 11.3 Å². The maximum Gasteiger partial charge on any atom is 0.257 e. The lowest BCUT2D eigenvalue weighted by molar-refractivity contribution is 0.102. The molecule has 0 saturated heterocycles. The van der Waals surface area contributed by atoms with E-state index in [1.54, 1.807) is 30.7 Å². The second-order valence-electron chi connectivity index (χ2n) is 7.57. The zero-order chi connectivity index (χ0) is 23.2. The number of aromatic nitrogens is 3. The van der Waals surface area contributed by atoms with Crippen LogP contribution in [0.5, 0.6) is 11.5 Å². The summed E-state index contributed by atoms with van der Waals surface area (Å²) in [5.74, 6) is 2.05. The minimum atomic E-state index is -0.208. The first-order chi connectivity index (χ1) is 16.0. The Morgan fingerprint density at radius 1 is 1.06 bits per heavy atom. The minimum Gasteiger partial charge on any atom is -0.456 e. The quantitative estimate of drug-likeness (QED) is 0.332. The normalized spacial score (nSPS) is 10.6. The van der Waals surface area contributed by atoms with Gasteiger partial charge in [-0.05, 0) is 67.8 Å². The number of amides is 1. The summed E-state index contributed by atoms with van der Waals surface area (Å²) in [6, 6.07) is 11.1. The van der Waals surface area contributed by atoms with Crippen LogP contribution in [-0.4, -0.2) is 27.4 Å². The Hall–Kier alpha value is -3.78. The number of anilines is 2. The number of nitrogens with one attached hydrogen (secondary N) is 2. The van der Waals surface area contributed by atoms with Gasteiger partial charge in [-0.2, -0.15) is 0 Å². The van der Waals surface area contributed by atoms with Crippen LogP contribution in [0, 0.1) is 13.8 Å². The van der Waals surface area contributed by atoms with E-state index in [-0.39, 0.29) is 5.91 Å². The molecule has 0 aliphatic heterocycles. The Morgan fingerprint density at radius 3 is 2.48 bits per heavy atom. The molecule has 3 heterocycles. The smallest absolute Gasteiger partial charge is 0.257 e. The predicted octanol–water partition coefficient (Wildman–Crippen LogP) is 6.08. The van der Waals surface area contributed by atoms with Crippen molar-refractivity contribution in [3.8, 4) is 22.8 Å². The van der Waals surface area contributed by atoms with Gasteiger partial charge in [-0.15, -0.1) is 11.3 Å². The summed E-state index contributed by atoms with van der Waals surface area (Å²) >= 11 is 1.39. The molecule has 0 atom stereocenters. The molecule has 0 unspecified atom stereocenters. The molecule has 3 aromatic heterocycles. The van der Waals surface area contributed by atoms with E-state index < -0.39 is 0 Å². The maximum atomic E-state index is 12.4. The first-order valence-electron chi connectivity index (χ1n) is 10.7. The average molecular weight is 460 g/mol. The van der Waals surface area contributed by atoms with Crippen LogP contribution in [-0.2, 0) is 0 Å². The second-order valence-corrected chi connectivity index (χ2v) is 8.43. The highest BCUT2D eigenvalue weighted by molar-refractivity contribution is 7.14. The molecule has 33 heavy (non-hydrogen) atoms. The molecule has 0 aliphatic carbocycles. The number of carbonyl (C=O) groups is 1. The number of ether oxygens (including phenoxy) is 1. The number of carbonyl (C=O) groups excluding carboxylic acids is 1. The lowest BCUT2D eigenvalue weighted by atomic mass is 10.0. The highest BCUT2D eigenvalue weighted by Gasteiger charge is 2.14. The summed E-state index contributed by atoms with van der Waals surface area (Å²) in [7, 11) is 0. The summed E-state index contributed by atoms with van der Waals surface area (Å²) in [5, 5.41) is 8.60. The molecule has 0 aliphatic rings. The molecule has 0 radical (unpaired) electrons. The van der Waals surface area contributed by atoms with Crippen molar-refractivity contribution in [1.82, 2.24) is 15.0 Å². The van der Waals surface area contributed by atoms with E-state index in [1.807, 2.05) is 43.5 Å². The third-order valence-electron chi connectivity index (χ3n) is 4.96. The van der Waals surface area contributed by atoms with Gasteiger partial charge < -0.3 is 10.1 Å². The molecule has 4 aromatic rings. The molecule has 7 nitrogen and oxygen atoms in total. The van der Waals surface area contributed by atoms with Crippen molar-refractivity contribution < 1.29 is 9.53 Å². The third kappa shape index (κ3) is 5.53. The largest absolute Gasteiger partial charge is 0.456 e. The predicted molar refractivity (Wildman–Crippen MR) is 132 cm³/mol. The van der Waals surface area contributed by atoms with Gasteiger partial charge in [0, 0.05) is 35.4 Å². The molecule has 0 spiro atoms. The Labute approximate surface area is 196 Å². The number of aryl methyl sites for hydroxylation is 2. The van der Waals surface area contributed by atoms with Crippen LogP contribution in [0.1, 0.15) is 34.8 Å². The van der Waals surface area contributed by atoms with Crippen LogP contribution in [0.2, 0.25) is 0 Å². The minimum absolute atomic E-state index is 0.208. The third-order valence-corrected chi connectivity index (χ3v) is 5.72. The molecule has 0 bridgehead atoms. The van der Waals surface area contributed by atoms with Crippen molar-refractivity contribution in [2.75, 3.05) is 17.2 Å². The van der Waals surface area contributed by atoms with Crippen molar-refractivity contribution in [3.63, 3.8) is 0 Å². The van der Waals surface area contributed by atoms with E-state index in [4.69, 9.17) is 4.74 Å². The number of hydrogen-bond acceptors (Lipinski definition) is 7. The fraction of sp³-hybridized carbons (Fsp3) is 0.200. The molecule has 8 heteroatoms. The first kappa shape index (κ1) is 22.4. The van der Waals surface area contributed by atoms with Crippen molar-refractivity contribution in [1.29, 1.82) is 0 Å². The maximum absolute atomic E-state index is 12.4. The van der Waals surface area contributed by atoms with Gasteiger partial charge in [0.05, 0.1) is 11.9 Å². The van der Waals surface area contributed by atoms with Gasteiger partial charge >= 0.3 is 0 Å². The van der Waals surface area contributed by atoms with Gasteiger partial charge in [0.15, 0.2) is 5.13 Å². The van der Waals surface area contributed by atoms with Crippen LogP contribution in [0.25, 0.3) is 11.3 Å². The van der Waals surface area contributed by atoms with E-state index in [0.717, 1.165) is 46.9 Å². The van der Waals surface area contributed by atoms with E-state index >= 15 is 0 Å². The molecule has 1 amide bonds. The van der Waals surface area contributed by atoms with Crippen LogP contribution < -0.4 is 15.4 Å². The Morgan fingerprint density at radius 2 is 1.82 bits per heavy atom. The van der Waals surface area contributed by atoms with Gasteiger partial charge in [-0.1, -0.05) is 6.92 Å². The molecular weight excluding hydrogens is 434 g/mol. The van der Waals surface area contributed by atoms with Gasteiger partial charge in [0.2, 0.25) is 0 Å². The van der Waals surface area contributed by atoms with Crippen molar-refractivity contribution >= 4 is 28.2 Å². The number of benzene rings is 1. The lowest BCUT2D eigenvalue weighted by Crippen LogP contribution is -2.11. The van der Waals surface area contributed by atoms with E-state index in [9.17, 15) is 4.79 Å². The van der Waals surface area contributed by atoms with Gasteiger partial charge in [-0.25, -0.2) is 9.97 Å². The van der Waals surface area contributed by atoms with Gasteiger partial charge in [0.1, 0.15) is 17.3 Å². The molecular formula is C25H25N5O2S. The highest BCUT2D eigenvalue weighted by Crippen LogP contribution is 2.34. The topological polar surface area (TPSA) is 89.0 Å². The summed E-state index contributed by atoms with van der Waals surface area (Å²) in [5.41, 5.74) is 4.46. The highest BCUT2D eigenvalue weighted by atomic mass is 32.1. The van der Waals surface area contributed by atoms with Crippen molar-refractivity contribution in [2.24, 2.45) is 0 Å². The molecule has 2 N–H and O–H groups in total. The number of pyridine rings is 2. The van der Waals surface area contributed by atoms with Crippen LogP contribution in [0.4, 0.5) is 10.9 Å². The van der Waals surface area contributed by atoms with Crippen molar-refractivity contribution in [2.45, 2.75) is 27.2 Å². The fourth-order valence-corrected chi connectivity index (χ4v) is 4.14. The Bertz CT molecular complexity index is 1220. The van der Waals surface area contributed by atoms with E-state index in [0.29, 0.717) is 16.4 Å². The second kappa shape index (κ2) is 10.2. The SMILES string of the molecule is CCCNc1ccc(Oc2cc(C)c(-c3csc(NC(=O)c4ccncc4)n3)c(C)c2)cn1. The summed E-state index contributed by atoms with van der Waals surface area (Å²) in [6.45, 7) is 7.06. The number of thiazole rings is 1. The van der Waals surface area contributed by atoms with Crippen LogP contribution >= 0.6 is 11.3 Å². The Balaban J connectivity index is 1.48. The van der Waals surface area contributed by atoms with Gasteiger partial charge in [0.25, 0.3) is 5.91 Å². The van der Waals surface area contributed by atoms with Crippen molar-refractivity contribution in [3.05, 3.63) is 77.1 Å². The fourth-order valence-electron chi connectivity index (χ4n) is 3.44. The molecule has 168 valence electrons. The van der Waals surface area contributed by atoms with Crippen LogP contribution in [0.3, 0.4) is 0 Å². The van der Waals surface area contributed by atoms with E-state index in [2.05, 4.69) is 32.5 Å². The number of nitrogens with zero attached hydrogens (tertiary/aromatic N) is 3. The summed E-state index contributed by atoms with van der Waals surface area (Å²) in [6.07, 6.45) is 5.94. The zero-order valence-electron chi connectivity index (χ0n) is 18.8. The average Bonchev–Trinajstić information content (AvgIpc) is 3.26.